The molecule has 0 saturated heterocycles. The topological polar surface area (TPSA) is 96.5 Å². The van der Waals surface area contributed by atoms with Gasteiger partial charge >= 0.3 is 6.09 Å². The maximum Gasteiger partial charge on any atom is 0.407 e. The number of hydrogen-bond acceptors (Lipinski definition) is 4. The fraction of sp³-hybridized carbons (Fsp3) is 0.292. The third kappa shape index (κ3) is 8.99. The molecule has 2 aromatic rings. The van der Waals surface area contributed by atoms with Crippen molar-refractivity contribution in [3.63, 3.8) is 0 Å². The van der Waals surface area contributed by atoms with Crippen molar-refractivity contribution in [1.82, 2.24) is 10.6 Å². The number of ether oxygens (including phenoxy) is 1. The molecule has 0 aromatic heterocycles. The molecule has 0 radical (unpaired) electrons. The SMILES string of the molecule is CC(C)(C)OC(=O)NCCC(=O)NCc1ccccc1NC(=O)/C=C/c1ccccc1F. The van der Waals surface area contributed by atoms with Crippen molar-refractivity contribution in [2.24, 2.45) is 0 Å². The second-order valence-corrected chi connectivity index (χ2v) is 7.96. The van der Waals surface area contributed by atoms with Crippen molar-refractivity contribution >= 4 is 29.7 Å². The number of hydrogen-bond donors (Lipinski definition) is 3. The number of rotatable bonds is 8. The monoisotopic (exact) mass is 441 g/mol. The van der Waals surface area contributed by atoms with Crippen LogP contribution in [-0.4, -0.2) is 30.1 Å². The van der Waals surface area contributed by atoms with Crippen LogP contribution in [0, 0.1) is 5.82 Å². The Morgan fingerprint density at radius 1 is 1.00 bits per heavy atom. The van der Waals surface area contributed by atoms with Gasteiger partial charge in [0.2, 0.25) is 11.8 Å². The predicted octanol–water partition coefficient (Wildman–Crippen LogP) is 4.01. The average molecular weight is 442 g/mol. The van der Waals surface area contributed by atoms with Crippen LogP contribution in [0.4, 0.5) is 14.9 Å². The lowest BCUT2D eigenvalue weighted by molar-refractivity contribution is -0.121. The molecule has 0 aliphatic heterocycles. The van der Waals surface area contributed by atoms with Gasteiger partial charge in [-0.1, -0.05) is 36.4 Å². The van der Waals surface area contributed by atoms with Gasteiger partial charge in [0, 0.05) is 36.8 Å². The first kappa shape index (κ1) is 24.6. The molecular weight excluding hydrogens is 413 g/mol. The van der Waals surface area contributed by atoms with Crippen LogP contribution in [0.1, 0.15) is 38.3 Å². The summed E-state index contributed by atoms with van der Waals surface area (Å²) in [6, 6.07) is 13.2. The van der Waals surface area contributed by atoms with Gasteiger partial charge in [-0.15, -0.1) is 0 Å². The highest BCUT2D eigenvalue weighted by Gasteiger charge is 2.16. The first-order chi connectivity index (χ1) is 15.1. The highest BCUT2D eigenvalue weighted by molar-refractivity contribution is 6.02. The molecule has 0 atom stereocenters. The summed E-state index contributed by atoms with van der Waals surface area (Å²) in [6.45, 7) is 5.60. The molecule has 2 aromatic carbocycles. The fourth-order valence-corrected chi connectivity index (χ4v) is 2.62. The first-order valence-corrected chi connectivity index (χ1v) is 10.2. The summed E-state index contributed by atoms with van der Waals surface area (Å²) in [4.78, 5) is 35.9. The van der Waals surface area contributed by atoms with Crippen LogP contribution in [0.25, 0.3) is 6.08 Å². The molecule has 0 fully saturated rings. The van der Waals surface area contributed by atoms with E-state index in [1.807, 2.05) is 0 Å². The summed E-state index contributed by atoms with van der Waals surface area (Å²) < 4.78 is 18.8. The Kier molecular flexibility index (Phi) is 8.95. The summed E-state index contributed by atoms with van der Waals surface area (Å²) in [7, 11) is 0. The molecule has 170 valence electrons. The molecule has 0 unspecified atom stereocenters. The average Bonchev–Trinajstić information content (AvgIpc) is 2.71. The van der Waals surface area contributed by atoms with E-state index >= 15 is 0 Å². The molecule has 0 aliphatic carbocycles. The number of benzene rings is 2. The molecule has 0 bridgehead atoms. The van der Waals surface area contributed by atoms with E-state index in [0.29, 0.717) is 16.8 Å². The molecule has 0 saturated carbocycles. The van der Waals surface area contributed by atoms with Crippen LogP contribution < -0.4 is 16.0 Å². The Morgan fingerprint density at radius 2 is 1.69 bits per heavy atom. The minimum Gasteiger partial charge on any atom is -0.444 e. The number of carbonyl (C=O) groups is 3. The Balaban J connectivity index is 1.84. The van der Waals surface area contributed by atoms with E-state index in [2.05, 4.69) is 16.0 Å². The summed E-state index contributed by atoms with van der Waals surface area (Å²) in [6.07, 6.45) is 2.14. The lowest BCUT2D eigenvalue weighted by Crippen LogP contribution is -2.35. The predicted molar refractivity (Wildman–Crippen MR) is 121 cm³/mol. The lowest BCUT2D eigenvalue weighted by atomic mass is 10.1. The fourth-order valence-electron chi connectivity index (χ4n) is 2.62. The van der Waals surface area contributed by atoms with Gasteiger partial charge < -0.3 is 20.7 Å². The molecule has 0 heterocycles. The van der Waals surface area contributed by atoms with E-state index in [-0.39, 0.29) is 25.4 Å². The molecule has 8 heteroatoms. The van der Waals surface area contributed by atoms with E-state index in [0.717, 1.165) is 0 Å². The molecule has 32 heavy (non-hydrogen) atoms. The van der Waals surface area contributed by atoms with Crippen molar-refractivity contribution in [3.8, 4) is 0 Å². The van der Waals surface area contributed by atoms with E-state index < -0.39 is 23.4 Å². The molecule has 2 rings (SSSR count). The number of anilines is 1. The van der Waals surface area contributed by atoms with Crippen molar-refractivity contribution in [3.05, 3.63) is 71.6 Å². The molecular formula is C24H28FN3O4. The van der Waals surface area contributed by atoms with Gasteiger partial charge in [-0.05, 0) is 44.5 Å². The summed E-state index contributed by atoms with van der Waals surface area (Å²) in [5, 5.41) is 8.00. The number of alkyl carbamates (subject to hydrolysis) is 1. The highest BCUT2D eigenvalue weighted by Crippen LogP contribution is 2.15. The molecule has 0 spiro atoms. The van der Waals surface area contributed by atoms with Crippen molar-refractivity contribution in [2.45, 2.75) is 39.3 Å². The largest absolute Gasteiger partial charge is 0.444 e. The van der Waals surface area contributed by atoms with Gasteiger partial charge in [0.25, 0.3) is 0 Å². The zero-order valence-electron chi connectivity index (χ0n) is 18.4. The van der Waals surface area contributed by atoms with Crippen LogP contribution in [0.3, 0.4) is 0 Å². The smallest absolute Gasteiger partial charge is 0.407 e. The van der Waals surface area contributed by atoms with Crippen LogP contribution in [0.2, 0.25) is 0 Å². The van der Waals surface area contributed by atoms with Crippen molar-refractivity contribution in [1.29, 1.82) is 0 Å². The van der Waals surface area contributed by atoms with Crippen LogP contribution in [-0.2, 0) is 20.9 Å². The highest BCUT2D eigenvalue weighted by atomic mass is 19.1. The third-order valence-corrected chi connectivity index (χ3v) is 4.09. The van der Waals surface area contributed by atoms with Crippen LogP contribution in [0.5, 0.6) is 0 Å². The van der Waals surface area contributed by atoms with Crippen LogP contribution in [0.15, 0.2) is 54.6 Å². The Labute approximate surface area is 187 Å². The minimum atomic E-state index is -0.606. The Hall–Kier alpha value is -3.68. The zero-order valence-corrected chi connectivity index (χ0v) is 18.4. The van der Waals surface area contributed by atoms with Crippen molar-refractivity contribution in [2.75, 3.05) is 11.9 Å². The molecule has 3 N–H and O–H groups in total. The normalized spacial score (nSPS) is 11.1. The number of carbonyl (C=O) groups excluding carboxylic acids is 3. The quantitative estimate of drug-likeness (QED) is 0.540. The van der Waals surface area contributed by atoms with Gasteiger partial charge in [-0.3, -0.25) is 9.59 Å². The second-order valence-electron chi connectivity index (χ2n) is 7.96. The lowest BCUT2D eigenvalue weighted by Gasteiger charge is -2.19. The van der Waals surface area contributed by atoms with Gasteiger partial charge in [0.15, 0.2) is 0 Å². The van der Waals surface area contributed by atoms with E-state index in [4.69, 9.17) is 4.74 Å². The maximum atomic E-state index is 13.7. The first-order valence-electron chi connectivity index (χ1n) is 10.2. The van der Waals surface area contributed by atoms with Gasteiger partial charge in [0.1, 0.15) is 11.4 Å². The standard InChI is InChI=1S/C24H28FN3O4/c1-24(2,3)32-23(31)26-15-14-21(29)27-16-18-9-5-7-11-20(18)28-22(30)13-12-17-8-4-6-10-19(17)25/h4-13H,14-16H2,1-3H3,(H,26,31)(H,27,29)(H,28,30)/b13-12+. The molecule has 0 aliphatic rings. The number of halogens is 1. The Bertz CT molecular complexity index is 983. The number of para-hydroxylation sites is 1. The third-order valence-electron chi connectivity index (χ3n) is 4.09. The maximum absolute atomic E-state index is 13.7. The van der Waals surface area contributed by atoms with Gasteiger partial charge in [-0.25, -0.2) is 9.18 Å². The molecule has 7 nitrogen and oxygen atoms in total. The van der Waals surface area contributed by atoms with Gasteiger partial charge in [-0.2, -0.15) is 0 Å². The summed E-state index contributed by atoms with van der Waals surface area (Å²) in [5.74, 6) is -1.10. The van der Waals surface area contributed by atoms with Crippen molar-refractivity contribution < 1.29 is 23.5 Å². The summed E-state index contributed by atoms with van der Waals surface area (Å²) in [5.41, 5.74) is 0.935. The van der Waals surface area contributed by atoms with Gasteiger partial charge in [0.05, 0.1) is 0 Å². The Morgan fingerprint density at radius 3 is 2.41 bits per heavy atom. The van der Waals surface area contributed by atoms with Crippen LogP contribution >= 0.6 is 0 Å². The zero-order chi connectivity index (χ0) is 23.6. The van der Waals surface area contributed by atoms with E-state index in [1.54, 1.807) is 63.2 Å². The minimum absolute atomic E-state index is 0.0825. The van der Waals surface area contributed by atoms with E-state index in [1.165, 1.54) is 18.2 Å². The number of nitrogens with one attached hydrogen (secondary N) is 3. The second kappa shape index (κ2) is 11.6. The number of amides is 3. The summed E-state index contributed by atoms with van der Waals surface area (Å²) >= 11 is 0. The molecule has 3 amide bonds. The van der Waals surface area contributed by atoms with E-state index in [9.17, 15) is 18.8 Å².